The summed E-state index contributed by atoms with van der Waals surface area (Å²) < 4.78 is 13.6. The molecule has 0 aromatic carbocycles. The summed E-state index contributed by atoms with van der Waals surface area (Å²) in [6.07, 6.45) is 57.6. The van der Waals surface area contributed by atoms with Crippen molar-refractivity contribution in [1.29, 1.82) is 0 Å². The van der Waals surface area contributed by atoms with Crippen LogP contribution in [0.25, 0.3) is 0 Å². The molecule has 0 aromatic rings. The van der Waals surface area contributed by atoms with E-state index in [1.165, 1.54) is 173 Å². The van der Waals surface area contributed by atoms with E-state index in [9.17, 15) is 0 Å². The summed E-state index contributed by atoms with van der Waals surface area (Å²) in [5.74, 6) is 0.531. The van der Waals surface area contributed by atoms with E-state index in [2.05, 4.69) is 102 Å². The fraction of sp³-hybridized carbons (Fsp3) is 0.846. The zero-order valence-corrected chi connectivity index (χ0v) is 38.2. The van der Waals surface area contributed by atoms with Gasteiger partial charge in [0, 0.05) is 19.4 Å². The Kier molecular flexibility index (Phi) is 28.0. The quantitative estimate of drug-likeness (QED) is 0.0464. The van der Waals surface area contributed by atoms with Gasteiger partial charge in [-0.1, -0.05) is 160 Å². The van der Waals surface area contributed by atoms with Gasteiger partial charge in [0.1, 0.15) is 0 Å². The van der Waals surface area contributed by atoms with E-state index in [0.717, 1.165) is 38.2 Å². The van der Waals surface area contributed by atoms with Gasteiger partial charge in [0.05, 0.1) is 12.7 Å². The van der Waals surface area contributed by atoms with Crippen LogP contribution in [-0.4, -0.2) is 44.0 Å². The van der Waals surface area contributed by atoms with E-state index < -0.39 is 0 Å². The first kappa shape index (κ1) is 50.0. The standard InChI is InChI=1S/C52H95NO2/c1-8-10-12-14-16-18-20-22-24-26-28-30-32-34-36-38-42-52(43-39-37-35-33-31-29-27-25-23-21-19-17-15-13-11-9-2)54-45-49(55-52)41-40-48-44-51(48,5)46-50(3,4)47-53(6)7/h16-19,22-25,48-49H,8-15,20-21,26-47H2,1-7H3/b18-16-,19-17-,24-22-,25-23-. The normalized spacial score (nSPS) is 21.5. The smallest absolute Gasteiger partial charge is 0.168 e. The number of allylic oxidation sites excluding steroid dienone is 8. The molecule has 3 heteroatoms. The van der Waals surface area contributed by atoms with Gasteiger partial charge in [-0.3, -0.25) is 0 Å². The van der Waals surface area contributed by atoms with E-state index in [1.54, 1.807) is 0 Å². The van der Waals surface area contributed by atoms with Crippen molar-refractivity contribution in [2.24, 2.45) is 16.7 Å². The second kappa shape index (κ2) is 30.9. The number of unbranched alkanes of at least 4 members (excludes halogenated alkanes) is 18. The molecule has 1 saturated carbocycles. The Labute approximate surface area is 345 Å². The van der Waals surface area contributed by atoms with Gasteiger partial charge in [0.15, 0.2) is 5.79 Å². The highest BCUT2D eigenvalue weighted by Crippen LogP contribution is 2.60. The first-order valence-corrected chi connectivity index (χ1v) is 24.2. The van der Waals surface area contributed by atoms with Crippen LogP contribution in [-0.2, 0) is 9.47 Å². The summed E-state index contributed by atoms with van der Waals surface area (Å²) in [5.41, 5.74) is 0.886. The Morgan fingerprint density at radius 1 is 0.582 bits per heavy atom. The molecule has 0 radical (unpaired) electrons. The topological polar surface area (TPSA) is 21.7 Å². The van der Waals surface area contributed by atoms with Gasteiger partial charge in [-0.05, 0) is 134 Å². The third-order valence-electron chi connectivity index (χ3n) is 12.4. The fourth-order valence-corrected chi connectivity index (χ4v) is 9.47. The van der Waals surface area contributed by atoms with Gasteiger partial charge in [-0.2, -0.15) is 0 Å². The lowest BCUT2D eigenvalue weighted by Gasteiger charge is -2.32. The molecule has 1 saturated heterocycles. The molecule has 1 heterocycles. The van der Waals surface area contributed by atoms with Crippen molar-refractivity contribution < 1.29 is 9.47 Å². The summed E-state index contributed by atoms with van der Waals surface area (Å²) in [7, 11) is 4.43. The van der Waals surface area contributed by atoms with Gasteiger partial charge < -0.3 is 14.4 Å². The van der Waals surface area contributed by atoms with Gasteiger partial charge in [0.25, 0.3) is 0 Å². The maximum Gasteiger partial charge on any atom is 0.168 e. The molecule has 320 valence electrons. The highest BCUT2D eigenvalue weighted by molar-refractivity contribution is 5.02. The minimum absolute atomic E-state index is 0.286. The third-order valence-corrected chi connectivity index (χ3v) is 12.4. The monoisotopic (exact) mass is 766 g/mol. The van der Waals surface area contributed by atoms with E-state index in [0.29, 0.717) is 10.8 Å². The molecule has 2 rings (SSSR count). The van der Waals surface area contributed by atoms with Gasteiger partial charge in [-0.15, -0.1) is 0 Å². The van der Waals surface area contributed by atoms with Crippen molar-refractivity contribution in [2.75, 3.05) is 27.2 Å². The SMILES string of the molecule is CCCCC/C=C\C/C=C\CCCCCCCCC1(CCCCCCCC/C=C\C/C=C\CCCCC)OCC(CCC2CC2(C)CC(C)(C)CN(C)C)O1. The van der Waals surface area contributed by atoms with Crippen molar-refractivity contribution >= 4 is 0 Å². The van der Waals surface area contributed by atoms with Crippen molar-refractivity contribution in [3.63, 3.8) is 0 Å². The summed E-state index contributed by atoms with van der Waals surface area (Å²) in [5, 5.41) is 0. The lowest BCUT2D eigenvalue weighted by Crippen LogP contribution is -2.31. The molecular formula is C52H95NO2. The molecule has 0 amide bonds. The summed E-state index contributed by atoms with van der Waals surface area (Å²) in [6, 6.07) is 0. The van der Waals surface area contributed by atoms with Crippen LogP contribution in [0.1, 0.15) is 227 Å². The molecule has 1 aliphatic heterocycles. The molecular weight excluding hydrogens is 671 g/mol. The summed E-state index contributed by atoms with van der Waals surface area (Å²) in [4.78, 5) is 2.36. The van der Waals surface area contributed by atoms with Crippen LogP contribution in [0.15, 0.2) is 48.6 Å². The predicted molar refractivity (Wildman–Crippen MR) is 244 cm³/mol. The van der Waals surface area contributed by atoms with Crippen molar-refractivity contribution in [2.45, 2.75) is 239 Å². The van der Waals surface area contributed by atoms with Gasteiger partial charge in [-0.25, -0.2) is 0 Å². The highest BCUT2D eigenvalue weighted by Gasteiger charge is 2.52. The lowest BCUT2D eigenvalue weighted by atomic mass is 9.80. The van der Waals surface area contributed by atoms with Crippen LogP contribution in [0.5, 0.6) is 0 Å². The van der Waals surface area contributed by atoms with Crippen LogP contribution in [0.2, 0.25) is 0 Å². The van der Waals surface area contributed by atoms with E-state index in [-0.39, 0.29) is 11.9 Å². The highest BCUT2D eigenvalue weighted by atomic mass is 16.7. The number of rotatable bonds is 37. The van der Waals surface area contributed by atoms with Crippen LogP contribution in [0, 0.1) is 16.7 Å². The van der Waals surface area contributed by atoms with Gasteiger partial charge >= 0.3 is 0 Å². The molecule has 3 nitrogen and oxygen atoms in total. The zero-order valence-electron chi connectivity index (χ0n) is 38.2. The maximum absolute atomic E-state index is 6.94. The van der Waals surface area contributed by atoms with E-state index in [1.807, 2.05) is 0 Å². The van der Waals surface area contributed by atoms with E-state index >= 15 is 0 Å². The molecule has 3 unspecified atom stereocenters. The Bertz CT molecular complexity index is 975. The average Bonchev–Trinajstić information content (AvgIpc) is 3.58. The van der Waals surface area contributed by atoms with Crippen LogP contribution < -0.4 is 0 Å². The van der Waals surface area contributed by atoms with Crippen LogP contribution >= 0.6 is 0 Å². The predicted octanol–water partition coefficient (Wildman–Crippen LogP) is 16.3. The second-order valence-corrected chi connectivity index (χ2v) is 19.3. The number of ether oxygens (including phenoxy) is 2. The molecule has 0 bridgehead atoms. The Hall–Kier alpha value is -1.16. The molecule has 3 atom stereocenters. The minimum Gasteiger partial charge on any atom is -0.347 e. The largest absolute Gasteiger partial charge is 0.347 e. The molecule has 0 N–H and O–H groups in total. The molecule has 0 spiro atoms. The number of hydrogen-bond acceptors (Lipinski definition) is 3. The fourth-order valence-electron chi connectivity index (χ4n) is 9.47. The lowest BCUT2D eigenvalue weighted by molar-refractivity contribution is -0.180. The Morgan fingerprint density at radius 3 is 1.47 bits per heavy atom. The molecule has 2 fully saturated rings. The van der Waals surface area contributed by atoms with Crippen molar-refractivity contribution in [3.05, 3.63) is 48.6 Å². The van der Waals surface area contributed by atoms with Crippen molar-refractivity contribution in [3.8, 4) is 0 Å². The van der Waals surface area contributed by atoms with Crippen LogP contribution in [0.3, 0.4) is 0 Å². The third kappa shape index (κ3) is 25.7. The summed E-state index contributed by atoms with van der Waals surface area (Å²) in [6.45, 7) is 14.0. The Morgan fingerprint density at radius 2 is 1.02 bits per heavy atom. The zero-order chi connectivity index (χ0) is 39.9. The van der Waals surface area contributed by atoms with Gasteiger partial charge in [0.2, 0.25) is 0 Å². The van der Waals surface area contributed by atoms with Crippen LogP contribution in [0.4, 0.5) is 0 Å². The minimum atomic E-state index is -0.324. The maximum atomic E-state index is 6.94. The summed E-state index contributed by atoms with van der Waals surface area (Å²) >= 11 is 0. The first-order chi connectivity index (χ1) is 26.6. The average molecular weight is 766 g/mol. The number of hydrogen-bond donors (Lipinski definition) is 0. The molecule has 55 heavy (non-hydrogen) atoms. The molecule has 2 aliphatic rings. The van der Waals surface area contributed by atoms with Crippen molar-refractivity contribution in [1.82, 2.24) is 4.90 Å². The second-order valence-electron chi connectivity index (χ2n) is 19.3. The van der Waals surface area contributed by atoms with E-state index in [4.69, 9.17) is 9.47 Å². The molecule has 0 aromatic heterocycles. The first-order valence-electron chi connectivity index (χ1n) is 24.2. The Balaban J connectivity index is 1.67. The molecule has 1 aliphatic carbocycles. The number of nitrogens with zero attached hydrogens (tertiary/aromatic N) is 1.